The van der Waals surface area contributed by atoms with Gasteiger partial charge in [-0.25, -0.2) is 0 Å². The van der Waals surface area contributed by atoms with E-state index in [-0.39, 0.29) is 5.92 Å². The monoisotopic (exact) mass is 436 g/mol. The Labute approximate surface area is 193 Å². The number of benzene rings is 1. The molecule has 0 radical (unpaired) electrons. The molecular weight excluding hydrogens is 396 g/mol. The minimum atomic E-state index is 0.241. The van der Waals surface area contributed by atoms with Gasteiger partial charge in [-0.1, -0.05) is 31.5 Å². The van der Waals surface area contributed by atoms with Gasteiger partial charge >= 0.3 is 0 Å². The lowest BCUT2D eigenvalue weighted by molar-refractivity contribution is -0.125. The predicted octanol–water partition coefficient (Wildman–Crippen LogP) is 5.65. The van der Waals surface area contributed by atoms with Crippen molar-refractivity contribution in [3.8, 4) is 0 Å². The summed E-state index contributed by atoms with van der Waals surface area (Å²) in [5.41, 5.74) is 6.65. The smallest absolute Gasteiger partial charge is 0.160 e. The van der Waals surface area contributed by atoms with Crippen LogP contribution in [-0.2, 0) is 18.3 Å². The Morgan fingerprint density at radius 3 is 2.53 bits per heavy atom. The molecule has 2 atom stereocenters. The number of aryl methyl sites for hydroxylation is 4. The zero-order chi connectivity index (χ0) is 23.0. The number of rotatable bonds is 6. The molecule has 32 heavy (non-hydrogen) atoms. The molecule has 0 saturated heterocycles. The lowest BCUT2D eigenvalue weighted by Crippen LogP contribution is -2.36. The van der Waals surface area contributed by atoms with Crippen LogP contribution in [0.1, 0.15) is 68.2 Å². The van der Waals surface area contributed by atoms with Gasteiger partial charge < -0.3 is 9.80 Å². The normalized spacial score (nSPS) is 21.1. The van der Waals surface area contributed by atoms with Crippen molar-refractivity contribution < 1.29 is 4.79 Å². The molecule has 0 spiro atoms. The third kappa shape index (κ3) is 4.31. The lowest BCUT2D eigenvalue weighted by atomic mass is 9.81. The van der Waals surface area contributed by atoms with Crippen LogP contribution in [0.4, 0.5) is 17.3 Å². The maximum absolute atomic E-state index is 12.4. The molecule has 5 nitrogen and oxygen atoms in total. The second-order valence-corrected chi connectivity index (χ2v) is 10.2. The molecule has 1 fully saturated rings. The molecule has 1 aromatic heterocycles. The third-order valence-corrected chi connectivity index (χ3v) is 7.38. The fourth-order valence-corrected chi connectivity index (χ4v) is 5.97. The Kier molecular flexibility index (Phi) is 6.64. The van der Waals surface area contributed by atoms with E-state index >= 15 is 0 Å². The number of aromatic nitrogens is 2. The van der Waals surface area contributed by atoms with Gasteiger partial charge in [0.1, 0.15) is 11.6 Å². The van der Waals surface area contributed by atoms with E-state index in [9.17, 15) is 4.79 Å². The average Bonchev–Trinajstić information content (AvgIpc) is 3.06. The molecule has 174 valence electrons. The van der Waals surface area contributed by atoms with Crippen molar-refractivity contribution in [1.29, 1.82) is 0 Å². The Morgan fingerprint density at radius 1 is 1.16 bits per heavy atom. The predicted molar refractivity (Wildman–Crippen MR) is 133 cm³/mol. The number of nitrogens with zero attached hydrogens (tertiary/aromatic N) is 4. The fraction of sp³-hybridized carbons (Fsp3) is 0.630. The average molecular weight is 437 g/mol. The first kappa shape index (κ1) is 22.9. The molecule has 0 bridgehead atoms. The van der Waals surface area contributed by atoms with Gasteiger partial charge in [-0.2, -0.15) is 5.10 Å². The maximum Gasteiger partial charge on any atom is 0.160 e. The quantitative estimate of drug-likeness (QED) is 0.587. The van der Waals surface area contributed by atoms with E-state index in [0.29, 0.717) is 11.7 Å². The van der Waals surface area contributed by atoms with Crippen molar-refractivity contribution in [1.82, 2.24) is 9.78 Å². The van der Waals surface area contributed by atoms with E-state index in [1.807, 2.05) is 0 Å². The molecule has 0 amide bonds. The summed E-state index contributed by atoms with van der Waals surface area (Å²) in [6.45, 7) is 13.9. The highest BCUT2D eigenvalue weighted by Crippen LogP contribution is 2.41. The fourth-order valence-electron chi connectivity index (χ4n) is 5.97. The molecule has 5 heteroatoms. The highest BCUT2D eigenvalue weighted by atomic mass is 16.1. The van der Waals surface area contributed by atoms with E-state index in [1.165, 1.54) is 33.8 Å². The van der Waals surface area contributed by atoms with Gasteiger partial charge in [-0.15, -0.1) is 0 Å². The topological polar surface area (TPSA) is 41.4 Å². The van der Waals surface area contributed by atoms with Crippen LogP contribution < -0.4 is 9.80 Å². The van der Waals surface area contributed by atoms with Crippen LogP contribution in [0.2, 0.25) is 0 Å². The summed E-state index contributed by atoms with van der Waals surface area (Å²) >= 11 is 0. The number of carbonyl (C=O) groups is 1. The number of fused-ring (bicyclic) bond motifs is 1. The molecule has 1 saturated carbocycles. The van der Waals surface area contributed by atoms with Crippen molar-refractivity contribution in [2.45, 2.75) is 73.1 Å². The Morgan fingerprint density at radius 2 is 1.88 bits per heavy atom. The molecule has 4 rings (SSSR count). The van der Waals surface area contributed by atoms with Gasteiger partial charge in [0.2, 0.25) is 0 Å². The molecule has 2 aromatic rings. The standard InChI is InChI=1S/C27H40N4O/c1-7-12-30(17-22-11-10-19(3)24(32)16-22)27-23-9-8-13-31(26(23)28-29(27)6)25-20(4)14-18(2)15-21(25)5/h14-15,19,22H,7-13,16-17H2,1-6H3. The Bertz CT molecular complexity index is 969. The molecule has 2 heterocycles. The van der Waals surface area contributed by atoms with Gasteiger partial charge in [0.25, 0.3) is 0 Å². The van der Waals surface area contributed by atoms with E-state index < -0.39 is 0 Å². The van der Waals surface area contributed by atoms with Crippen LogP contribution >= 0.6 is 0 Å². The number of Topliss-reactive ketones (excluding diaryl/α,β-unsaturated/α-hetero) is 1. The van der Waals surface area contributed by atoms with Crippen molar-refractivity contribution in [2.75, 3.05) is 29.4 Å². The van der Waals surface area contributed by atoms with Crippen LogP contribution in [0.3, 0.4) is 0 Å². The summed E-state index contributed by atoms with van der Waals surface area (Å²) in [5, 5.41) is 5.07. The molecule has 2 aliphatic rings. The van der Waals surface area contributed by atoms with E-state index in [4.69, 9.17) is 5.10 Å². The SMILES string of the molecule is CCCN(CC1CCC(C)C(=O)C1)c1c2c(nn1C)N(c1c(C)cc(C)cc1C)CCC2. The molecule has 0 N–H and O–H groups in total. The first-order valence-electron chi connectivity index (χ1n) is 12.5. The van der Waals surface area contributed by atoms with Crippen LogP contribution in [0.5, 0.6) is 0 Å². The molecular formula is C27H40N4O. The molecule has 1 aromatic carbocycles. The Balaban J connectivity index is 1.68. The van der Waals surface area contributed by atoms with Crippen LogP contribution in [-0.4, -0.2) is 35.2 Å². The Hall–Kier alpha value is -2.30. The van der Waals surface area contributed by atoms with Crippen molar-refractivity contribution in [3.05, 3.63) is 34.4 Å². The van der Waals surface area contributed by atoms with Crippen molar-refractivity contribution >= 4 is 23.1 Å². The van der Waals surface area contributed by atoms with Crippen LogP contribution in [0, 0.1) is 32.6 Å². The highest BCUT2D eigenvalue weighted by Gasteiger charge is 2.32. The van der Waals surface area contributed by atoms with Crippen LogP contribution in [0.25, 0.3) is 0 Å². The summed E-state index contributed by atoms with van der Waals surface area (Å²) in [7, 11) is 2.09. The number of ketones is 1. The molecule has 1 aliphatic carbocycles. The number of carbonyl (C=O) groups excluding carboxylic acids is 1. The molecule has 2 unspecified atom stereocenters. The number of hydrogen-bond acceptors (Lipinski definition) is 4. The second-order valence-electron chi connectivity index (χ2n) is 10.2. The summed E-state index contributed by atoms with van der Waals surface area (Å²) in [5.74, 6) is 3.53. The van der Waals surface area contributed by atoms with Gasteiger partial charge in [0.15, 0.2) is 5.82 Å². The minimum Gasteiger partial charge on any atom is -0.356 e. The first-order valence-corrected chi connectivity index (χ1v) is 12.5. The molecule has 1 aliphatic heterocycles. The number of hydrogen-bond donors (Lipinski definition) is 0. The van der Waals surface area contributed by atoms with Gasteiger partial charge in [0.05, 0.1) is 0 Å². The zero-order valence-electron chi connectivity index (χ0n) is 20.9. The van der Waals surface area contributed by atoms with Crippen molar-refractivity contribution in [2.24, 2.45) is 18.9 Å². The first-order chi connectivity index (χ1) is 15.3. The zero-order valence-corrected chi connectivity index (χ0v) is 20.9. The van der Waals surface area contributed by atoms with Crippen LogP contribution in [0.15, 0.2) is 12.1 Å². The largest absolute Gasteiger partial charge is 0.356 e. The maximum atomic E-state index is 12.4. The van der Waals surface area contributed by atoms with Gasteiger partial charge in [-0.3, -0.25) is 9.48 Å². The minimum absolute atomic E-state index is 0.241. The van der Waals surface area contributed by atoms with E-state index in [0.717, 1.165) is 64.0 Å². The highest BCUT2D eigenvalue weighted by molar-refractivity contribution is 5.81. The number of anilines is 3. The third-order valence-electron chi connectivity index (χ3n) is 7.38. The summed E-state index contributed by atoms with van der Waals surface area (Å²) < 4.78 is 2.10. The van der Waals surface area contributed by atoms with Crippen molar-refractivity contribution in [3.63, 3.8) is 0 Å². The van der Waals surface area contributed by atoms with E-state index in [2.05, 4.69) is 68.3 Å². The van der Waals surface area contributed by atoms with E-state index in [1.54, 1.807) is 0 Å². The van der Waals surface area contributed by atoms with Gasteiger partial charge in [-0.05, 0) is 69.9 Å². The summed E-state index contributed by atoms with van der Waals surface area (Å²) in [6, 6.07) is 4.57. The second kappa shape index (κ2) is 9.29. The lowest BCUT2D eigenvalue weighted by Gasteiger charge is -2.34. The summed E-state index contributed by atoms with van der Waals surface area (Å²) in [6.07, 6.45) is 6.22. The van der Waals surface area contributed by atoms with Gasteiger partial charge in [0, 0.05) is 50.3 Å². The summed E-state index contributed by atoms with van der Waals surface area (Å²) in [4.78, 5) is 17.3.